The van der Waals surface area contributed by atoms with E-state index in [9.17, 15) is 0 Å². The number of anilines is 6. The highest BCUT2D eigenvalue weighted by Crippen LogP contribution is 2.66. The quantitative estimate of drug-likeness (QED) is 0.143. The average molecular weight is 1530 g/mol. The van der Waals surface area contributed by atoms with Crippen LogP contribution >= 0.6 is 0 Å². The van der Waals surface area contributed by atoms with Gasteiger partial charge >= 0.3 is 0 Å². The molecule has 0 saturated heterocycles. The minimum atomic E-state index is -0.0379. The van der Waals surface area contributed by atoms with Crippen LogP contribution in [-0.4, -0.2) is 16.6 Å². The largest absolute Gasteiger partial charge is 0.334 e. The lowest BCUT2D eigenvalue weighted by molar-refractivity contribution is 0.195. The second kappa shape index (κ2) is 25.0. The van der Waals surface area contributed by atoms with Crippen molar-refractivity contribution in [3.8, 4) is 66.8 Å². The van der Waals surface area contributed by atoms with E-state index in [-0.39, 0.29) is 32.9 Å². The molecular weight excluding hydrogens is 1440 g/mol. The van der Waals surface area contributed by atoms with E-state index in [1.165, 1.54) is 292 Å². The zero-order valence-corrected chi connectivity index (χ0v) is 68.9. The van der Waals surface area contributed by atoms with Crippen molar-refractivity contribution >= 4 is 131 Å². The number of rotatable bonds is 9. The number of para-hydroxylation sites is 3. The van der Waals surface area contributed by atoms with Crippen LogP contribution in [0.15, 0.2) is 322 Å². The Labute approximate surface area is 697 Å². The fourth-order valence-electron chi connectivity index (χ4n) is 26.0. The second-order valence-electron chi connectivity index (χ2n) is 37.7. The third-order valence-electron chi connectivity index (χ3n) is 32.4. The van der Waals surface area contributed by atoms with Gasteiger partial charge in [-0.15, -0.1) is 0 Å². The standard InChI is InChI=1S/C116H95N3/c1-111-61-16-19-64-114(111,4)117(75-29-10-7-11-30-75)105-58-49-72(67-102(105)111)78-35-22-41-84-81(78)38-25-44-87(84)90-52-53-95-99-71-101-97-57-55-94(89-46-27-40-83-80(37-24-43-86(83)89)74-51-60-107-104(69-74)113(3)63-18-21-66-116(113,6)119(107)77-33-14-9-15-34-77)109-93(54-56-96(110(97)109)100(101)70-98(99)92-48-28-47-91(90)108(92)95)88-45-26-39-82-79(36-23-42-85(82)88)73-50-59-106-103(68-73)112(2)62-17-20-65-115(112,5)118(106)76-31-12-8-13-32-76/h7-15,22-60,67-71H,16-21,61-66H2,1-6H3. The summed E-state index contributed by atoms with van der Waals surface area (Å²) in [4.78, 5) is 8.10. The van der Waals surface area contributed by atoms with Gasteiger partial charge in [0, 0.05) is 50.4 Å². The van der Waals surface area contributed by atoms with Crippen LogP contribution in [0.5, 0.6) is 0 Å². The van der Waals surface area contributed by atoms with E-state index in [4.69, 9.17) is 0 Å². The SMILES string of the molecule is CC12CCCCC1(C)N(c1ccccc1)c1ccc(-c3cccc4c(-c5ccc6c7cc8c(cc7c7cccc5c76)c5ccc(-c6cccc7c(-c9ccc%10c(c9)C9(C)CCCCC9(C)N%10c9ccccc9)cccc67)c6c(-c7cccc9c(-c%10ccc%11c(c%10)C%10(C)CCCCC%10(C)N%11c%10ccccc%10)cccc79)ccc8c65)cccc34)cc12. The third kappa shape index (κ3) is 9.24. The summed E-state index contributed by atoms with van der Waals surface area (Å²) in [5.74, 6) is 0. The topological polar surface area (TPSA) is 9.72 Å². The maximum atomic E-state index is 2.70. The van der Waals surface area contributed by atoms with Gasteiger partial charge in [0.1, 0.15) is 0 Å². The first kappa shape index (κ1) is 69.5. The van der Waals surface area contributed by atoms with Crippen LogP contribution in [0.1, 0.15) is 135 Å². The maximum absolute atomic E-state index is 2.70. The summed E-state index contributed by atoms with van der Waals surface area (Å²) in [7, 11) is 0. The van der Waals surface area contributed by atoms with Gasteiger partial charge < -0.3 is 14.7 Å². The van der Waals surface area contributed by atoms with Crippen molar-refractivity contribution in [1.29, 1.82) is 0 Å². The predicted molar refractivity (Wildman–Crippen MR) is 507 cm³/mol. The van der Waals surface area contributed by atoms with Gasteiger partial charge in [-0.3, -0.25) is 0 Å². The van der Waals surface area contributed by atoms with Gasteiger partial charge in [-0.25, -0.2) is 0 Å². The second-order valence-corrected chi connectivity index (χ2v) is 37.7. The lowest BCUT2D eigenvalue weighted by atomic mass is 9.61. The maximum Gasteiger partial charge on any atom is 0.0517 e. The third-order valence-corrected chi connectivity index (χ3v) is 32.4. The normalized spacial score (nSPS) is 22.6. The van der Waals surface area contributed by atoms with E-state index in [0.717, 1.165) is 0 Å². The van der Waals surface area contributed by atoms with Crippen molar-refractivity contribution in [2.75, 3.05) is 14.7 Å². The number of nitrogens with zero attached hydrogens (tertiary/aromatic N) is 3. The van der Waals surface area contributed by atoms with Gasteiger partial charge in [0.05, 0.1) is 16.6 Å². The molecule has 3 nitrogen and oxygen atoms in total. The zero-order chi connectivity index (χ0) is 79.2. The van der Waals surface area contributed by atoms with E-state index in [2.05, 4.69) is 378 Å². The molecule has 0 spiro atoms. The molecule has 3 fully saturated rings. The molecule has 3 aliphatic carbocycles. The number of hydrogen-bond donors (Lipinski definition) is 0. The molecule has 6 unspecified atom stereocenters. The Kier molecular flexibility index (Phi) is 14.6. The molecule has 574 valence electrons. The predicted octanol–water partition coefficient (Wildman–Crippen LogP) is 32.2. The minimum Gasteiger partial charge on any atom is -0.334 e. The first-order chi connectivity index (χ1) is 58.2. The molecule has 3 aliphatic heterocycles. The Hall–Kier alpha value is -12.6. The van der Waals surface area contributed by atoms with Crippen LogP contribution in [0.3, 0.4) is 0 Å². The molecule has 3 heterocycles. The number of fused-ring (bicyclic) bond motifs is 18. The van der Waals surface area contributed by atoms with Crippen molar-refractivity contribution < 1.29 is 0 Å². The lowest BCUT2D eigenvalue weighted by Crippen LogP contribution is -2.54. The average Bonchev–Trinajstić information content (AvgIpc) is 1.55. The van der Waals surface area contributed by atoms with E-state index in [1.807, 2.05) is 0 Å². The molecule has 6 atom stereocenters. The molecule has 3 saturated carbocycles. The molecule has 119 heavy (non-hydrogen) atoms. The van der Waals surface area contributed by atoms with Crippen LogP contribution in [0.25, 0.3) is 164 Å². The molecule has 0 bridgehead atoms. The van der Waals surface area contributed by atoms with Gasteiger partial charge in [-0.2, -0.15) is 0 Å². The molecule has 25 rings (SSSR count). The monoisotopic (exact) mass is 1530 g/mol. The fourth-order valence-corrected chi connectivity index (χ4v) is 26.0. The summed E-state index contributed by atoms with van der Waals surface area (Å²) in [5, 5.41) is 23.4. The molecule has 0 amide bonds. The highest BCUT2D eigenvalue weighted by atomic mass is 15.3. The van der Waals surface area contributed by atoms with Crippen molar-refractivity contribution in [2.45, 2.75) is 151 Å². The summed E-state index contributed by atoms with van der Waals surface area (Å²) in [6.07, 6.45) is 14.5. The molecule has 6 aliphatic rings. The molecule has 3 heteroatoms. The van der Waals surface area contributed by atoms with Crippen LogP contribution in [0.2, 0.25) is 0 Å². The summed E-state index contributed by atoms with van der Waals surface area (Å²) < 4.78 is 0. The van der Waals surface area contributed by atoms with Crippen molar-refractivity contribution in [3.63, 3.8) is 0 Å². The Morgan fingerprint density at radius 2 is 0.454 bits per heavy atom. The summed E-state index contributed by atoms with van der Waals surface area (Å²) >= 11 is 0. The summed E-state index contributed by atoms with van der Waals surface area (Å²) in [6.45, 7) is 15.3. The number of benzene rings is 17. The van der Waals surface area contributed by atoms with E-state index in [1.54, 1.807) is 0 Å². The molecule has 19 aromatic rings. The van der Waals surface area contributed by atoms with Crippen LogP contribution in [0.4, 0.5) is 34.1 Å². The zero-order valence-electron chi connectivity index (χ0n) is 68.9. The highest BCUT2D eigenvalue weighted by Gasteiger charge is 2.60. The first-order valence-electron chi connectivity index (χ1n) is 44.2. The van der Waals surface area contributed by atoms with E-state index < -0.39 is 0 Å². The van der Waals surface area contributed by atoms with Crippen LogP contribution in [-0.2, 0) is 16.2 Å². The van der Waals surface area contributed by atoms with Gasteiger partial charge in [0.25, 0.3) is 0 Å². The minimum absolute atomic E-state index is 0.0106. The molecule has 0 N–H and O–H groups in total. The van der Waals surface area contributed by atoms with Gasteiger partial charge in [-0.1, -0.05) is 296 Å². The van der Waals surface area contributed by atoms with Crippen LogP contribution in [0, 0.1) is 0 Å². The smallest absolute Gasteiger partial charge is 0.0517 e. The summed E-state index contributed by atoms with van der Waals surface area (Å²) in [5.41, 5.74) is 27.5. The Bertz CT molecular complexity index is 7210. The van der Waals surface area contributed by atoms with Crippen molar-refractivity contribution in [2.24, 2.45) is 0 Å². The van der Waals surface area contributed by atoms with Crippen LogP contribution < -0.4 is 14.7 Å². The molecular formula is C116H95N3. The number of hydrogen-bond acceptors (Lipinski definition) is 3. The molecule has 0 radical (unpaired) electrons. The van der Waals surface area contributed by atoms with Crippen molar-refractivity contribution in [1.82, 2.24) is 0 Å². The lowest BCUT2D eigenvalue weighted by Gasteiger charge is -2.50. The Morgan fingerprint density at radius 3 is 0.815 bits per heavy atom. The van der Waals surface area contributed by atoms with E-state index in [0.29, 0.717) is 0 Å². The van der Waals surface area contributed by atoms with Gasteiger partial charge in [-0.05, 0) is 325 Å². The van der Waals surface area contributed by atoms with E-state index >= 15 is 0 Å². The molecule has 0 aromatic heterocycles. The first-order valence-corrected chi connectivity index (χ1v) is 44.2. The van der Waals surface area contributed by atoms with Gasteiger partial charge in [0.15, 0.2) is 0 Å². The van der Waals surface area contributed by atoms with Crippen molar-refractivity contribution in [3.05, 3.63) is 338 Å². The Morgan fingerprint density at radius 1 is 0.185 bits per heavy atom. The highest BCUT2D eigenvalue weighted by molar-refractivity contribution is 6.40. The summed E-state index contributed by atoms with van der Waals surface area (Å²) in [6, 6.07) is 126. The van der Waals surface area contributed by atoms with Gasteiger partial charge in [0.2, 0.25) is 0 Å². The Balaban J connectivity index is 0.659. The molecule has 19 aromatic carbocycles. The fraction of sp³-hybridized carbons (Fsp3) is 0.207.